The van der Waals surface area contributed by atoms with E-state index in [1.54, 1.807) is 7.11 Å². The topological polar surface area (TPSA) is 57.9 Å². The highest BCUT2D eigenvalue weighted by Crippen LogP contribution is 2.34. The molecule has 4 nitrogen and oxygen atoms in total. The van der Waals surface area contributed by atoms with Crippen LogP contribution >= 0.6 is 0 Å². The van der Waals surface area contributed by atoms with Gasteiger partial charge in [-0.3, -0.25) is 4.98 Å². The van der Waals surface area contributed by atoms with Crippen LogP contribution in [0.15, 0.2) is 30.5 Å². The number of fused-ring (bicyclic) bond motifs is 1. The van der Waals surface area contributed by atoms with Crippen LogP contribution in [0, 0.1) is 16.7 Å². The van der Waals surface area contributed by atoms with Gasteiger partial charge in [-0.25, -0.2) is 0 Å². The number of nitrogens with one attached hydrogen (secondary N) is 1. The summed E-state index contributed by atoms with van der Waals surface area (Å²) >= 11 is 0. The summed E-state index contributed by atoms with van der Waals surface area (Å²) in [5, 5.41) is 13.5. The lowest BCUT2D eigenvalue weighted by Crippen LogP contribution is -2.28. The van der Waals surface area contributed by atoms with Gasteiger partial charge in [-0.05, 0) is 36.8 Å². The van der Waals surface area contributed by atoms with Crippen LogP contribution in [-0.2, 0) is 0 Å². The second-order valence-corrected chi connectivity index (χ2v) is 5.97. The van der Waals surface area contributed by atoms with Crippen LogP contribution < -0.4 is 10.1 Å². The van der Waals surface area contributed by atoms with E-state index in [4.69, 9.17) is 10.00 Å². The molecule has 0 aliphatic rings. The molecule has 0 amide bonds. The van der Waals surface area contributed by atoms with E-state index in [-0.39, 0.29) is 5.41 Å². The number of nitriles is 1. The highest BCUT2D eigenvalue weighted by atomic mass is 16.5. The molecule has 0 saturated carbocycles. The number of anilines is 1. The molecule has 1 heterocycles. The number of benzene rings is 1. The first-order valence-corrected chi connectivity index (χ1v) is 8.21. The fourth-order valence-corrected chi connectivity index (χ4v) is 2.96. The highest BCUT2D eigenvalue weighted by molar-refractivity contribution is 5.91. The Balaban J connectivity index is 2.28. The van der Waals surface area contributed by atoms with E-state index in [1.807, 2.05) is 30.5 Å². The molecule has 2 aromatic rings. The summed E-state index contributed by atoms with van der Waals surface area (Å²) in [4.78, 5) is 4.50. The number of aromatic nitrogens is 1. The fraction of sp³-hybridized carbons (Fsp3) is 0.474. The third-order valence-corrected chi connectivity index (χ3v) is 4.84. The van der Waals surface area contributed by atoms with Gasteiger partial charge in [0, 0.05) is 30.6 Å². The lowest BCUT2D eigenvalue weighted by Gasteiger charge is -2.32. The van der Waals surface area contributed by atoms with Crippen molar-refractivity contribution in [2.24, 2.45) is 5.41 Å². The zero-order valence-corrected chi connectivity index (χ0v) is 14.2. The van der Waals surface area contributed by atoms with Crippen LogP contribution in [-0.4, -0.2) is 18.6 Å². The van der Waals surface area contributed by atoms with Crippen LogP contribution in [0.1, 0.15) is 39.5 Å². The number of hydrogen-bond donors (Lipinski definition) is 1. The first-order chi connectivity index (χ1) is 11.2. The van der Waals surface area contributed by atoms with Crippen molar-refractivity contribution in [1.29, 1.82) is 5.26 Å². The zero-order valence-electron chi connectivity index (χ0n) is 14.2. The number of ether oxygens (including phenoxy) is 1. The Morgan fingerprint density at radius 3 is 2.74 bits per heavy atom. The Morgan fingerprint density at radius 1 is 1.30 bits per heavy atom. The number of methoxy groups -OCH3 is 1. The standard InChI is InChI=1S/C19H25N3O/c1-4-19(5-2,9-7-10-20)14-22-17-13-16(23-3)12-15-8-6-11-21-18(15)17/h6,8,11-13,22H,4-5,7,9,14H2,1-3H3. The summed E-state index contributed by atoms with van der Waals surface area (Å²) in [5.74, 6) is 0.823. The van der Waals surface area contributed by atoms with Crippen molar-refractivity contribution in [1.82, 2.24) is 4.98 Å². The lowest BCUT2D eigenvalue weighted by atomic mass is 9.78. The molecule has 0 saturated heterocycles. The molecular formula is C19H25N3O. The number of rotatable bonds is 8. The molecule has 2 rings (SSSR count). The van der Waals surface area contributed by atoms with Gasteiger partial charge < -0.3 is 10.1 Å². The normalized spacial score (nSPS) is 11.2. The maximum Gasteiger partial charge on any atom is 0.121 e. The molecule has 23 heavy (non-hydrogen) atoms. The second-order valence-electron chi connectivity index (χ2n) is 5.97. The molecule has 4 heteroatoms. The van der Waals surface area contributed by atoms with E-state index in [0.717, 1.165) is 48.1 Å². The van der Waals surface area contributed by atoms with E-state index in [2.05, 4.69) is 30.2 Å². The van der Waals surface area contributed by atoms with E-state index in [1.165, 1.54) is 0 Å². The molecule has 122 valence electrons. The molecule has 0 aliphatic carbocycles. The SMILES string of the molecule is CCC(CC)(CCC#N)CNc1cc(OC)cc2cccnc12. The van der Waals surface area contributed by atoms with E-state index in [9.17, 15) is 0 Å². The van der Waals surface area contributed by atoms with Crippen LogP contribution in [0.25, 0.3) is 10.9 Å². The fourth-order valence-electron chi connectivity index (χ4n) is 2.96. The van der Waals surface area contributed by atoms with Gasteiger partial charge in [0.15, 0.2) is 0 Å². The van der Waals surface area contributed by atoms with Gasteiger partial charge in [-0.1, -0.05) is 19.9 Å². The number of nitrogens with zero attached hydrogens (tertiary/aromatic N) is 2. The highest BCUT2D eigenvalue weighted by Gasteiger charge is 2.25. The van der Waals surface area contributed by atoms with Gasteiger partial charge in [-0.15, -0.1) is 0 Å². The number of hydrogen-bond acceptors (Lipinski definition) is 4. The summed E-state index contributed by atoms with van der Waals surface area (Å²) in [6.45, 7) is 5.23. The molecule has 0 atom stereocenters. The van der Waals surface area contributed by atoms with Crippen molar-refractivity contribution in [2.45, 2.75) is 39.5 Å². The van der Waals surface area contributed by atoms with Gasteiger partial charge in [-0.2, -0.15) is 5.26 Å². The van der Waals surface area contributed by atoms with Crippen molar-refractivity contribution >= 4 is 16.6 Å². The van der Waals surface area contributed by atoms with Crippen LogP contribution in [0.5, 0.6) is 5.75 Å². The van der Waals surface area contributed by atoms with Crippen molar-refractivity contribution in [3.05, 3.63) is 30.5 Å². The smallest absolute Gasteiger partial charge is 0.121 e. The van der Waals surface area contributed by atoms with Crippen molar-refractivity contribution in [3.8, 4) is 11.8 Å². The lowest BCUT2D eigenvalue weighted by molar-refractivity contribution is 0.262. The summed E-state index contributed by atoms with van der Waals surface area (Å²) in [7, 11) is 1.68. The first-order valence-electron chi connectivity index (χ1n) is 8.21. The van der Waals surface area contributed by atoms with Gasteiger partial charge in [0.2, 0.25) is 0 Å². The molecule has 0 bridgehead atoms. The third-order valence-electron chi connectivity index (χ3n) is 4.84. The Kier molecular flexibility index (Phi) is 5.81. The minimum Gasteiger partial charge on any atom is -0.497 e. The Hall–Kier alpha value is -2.28. The Morgan fingerprint density at radius 2 is 2.09 bits per heavy atom. The number of pyridine rings is 1. The van der Waals surface area contributed by atoms with E-state index in [0.29, 0.717) is 6.42 Å². The quantitative estimate of drug-likeness (QED) is 0.763. The van der Waals surface area contributed by atoms with Crippen LogP contribution in [0.2, 0.25) is 0 Å². The summed E-state index contributed by atoms with van der Waals surface area (Å²) < 4.78 is 5.40. The predicted octanol–water partition coefficient (Wildman–Crippen LogP) is 4.77. The first kappa shape index (κ1) is 17.1. The third kappa shape index (κ3) is 3.92. The molecule has 0 spiro atoms. The van der Waals surface area contributed by atoms with Crippen LogP contribution in [0.4, 0.5) is 5.69 Å². The average molecular weight is 311 g/mol. The Bertz CT molecular complexity index is 687. The minimum atomic E-state index is 0.139. The van der Waals surface area contributed by atoms with Crippen molar-refractivity contribution in [2.75, 3.05) is 19.0 Å². The molecule has 0 fully saturated rings. The molecule has 1 aromatic carbocycles. The van der Waals surface area contributed by atoms with Crippen molar-refractivity contribution < 1.29 is 4.74 Å². The average Bonchev–Trinajstić information content (AvgIpc) is 2.62. The molecule has 1 aromatic heterocycles. The van der Waals surface area contributed by atoms with E-state index >= 15 is 0 Å². The summed E-state index contributed by atoms with van der Waals surface area (Å²) in [6, 6.07) is 10.2. The molecule has 0 unspecified atom stereocenters. The molecule has 1 N–H and O–H groups in total. The van der Waals surface area contributed by atoms with Gasteiger partial charge in [0.05, 0.1) is 24.4 Å². The van der Waals surface area contributed by atoms with Crippen molar-refractivity contribution in [3.63, 3.8) is 0 Å². The van der Waals surface area contributed by atoms with Gasteiger partial charge >= 0.3 is 0 Å². The summed E-state index contributed by atoms with van der Waals surface area (Å²) in [6.07, 6.45) is 5.42. The largest absolute Gasteiger partial charge is 0.497 e. The molecule has 0 aliphatic heterocycles. The minimum absolute atomic E-state index is 0.139. The summed E-state index contributed by atoms with van der Waals surface area (Å²) in [5.41, 5.74) is 2.08. The van der Waals surface area contributed by atoms with Gasteiger partial charge in [0.25, 0.3) is 0 Å². The maximum atomic E-state index is 8.92. The second kappa shape index (κ2) is 7.82. The molecular weight excluding hydrogens is 286 g/mol. The van der Waals surface area contributed by atoms with Crippen LogP contribution in [0.3, 0.4) is 0 Å². The van der Waals surface area contributed by atoms with Gasteiger partial charge in [0.1, 0.15) is 5.75 Å². The molecule has 0 radical (unpaired) electrons. The zero-order chi connectivity index (χ0) is 16.7. The maximum absolute atomic E-state index is 8.92. The monoisotopic (exact) mass is 311 g/mol. The Labute approximate surface area is 138 Å². The predicted molar refractivity (Wildman–Crippen MR) is 94.6 cm³/mol. The van der Waals surface area contributed by atoms with E-state index < -0.39 is 0 Å².